The van der Waals surface area contributed by atoms with Crippen molar-refractivity contribution in [3.05, 3.63) is 23.8 Å². The van der Waals surface area contributed by atoms with Crippen molar-refractivity contribution in [2.75, 3.05) is 13.7 Å². The fraction of sp³-hybridized carbons (Fsp3) is 0.533. The summed E-state index contributed by atoms with van der Waals surface area (Å²) in [6.45, 7) is 5.90. The molecule has 1 N–H and O–H groups in total. The SMILES string of the molecule is COC(=O)c1nc(C=CCCNC(=O)OC(C)(C)C)cn1C. The van der Waals surface area contributed by atoms with Gasteiger partial charge in [0.15, 0.2) is 0 Å². The van der Waals surface area contributed by atoms with Crippen LogP contribution in [0.1, 0.15) is 43.5 Å². The molecular weight excluding hydrogens is 286 g/mol. The molecule has 7 heteroatoms. The molecule has 0 aliphatic rings. The number of imidazole rings is 1. The van der Waals surface area contributed by atoms with E-state index >= 15 is 0 Å². The van der Waals surface area contributed by atoms with Crippen molar-refractivity contribution >= 4 is 18.1 Å². The maximum absolute atomic E-state index is 11.4. The number of aromatic nitrogens is 2. The summed E-state index contributed by atoms with van der Waals surface area (Å²) in [6.07, 6.45) is 5.56. The lowest BCUT2D eigenvalue weighted by Gasteiger charge is -2.19. The number of rotatable bonds is 5. The minimum atomic E-state index is -0.502. The molecule has 1 aromatic heterocycles. The van der Waals surface area contributed by atoms with Gasteiger partial charge in [0.05, 0.1) is 12.8 Å². The van der Waals surface area contributed by atoms with Crippen LogP contribution in [0.25, 0.3) is 6.08 Å². The second kappa shape index (κ2) is 7.63. The first kappa shape index (κ1) is 17.7. The largest absolute Gasteiger partial charge is 0.463 e. The number of carbonyl (C=O) groups excluding carboxylic acids is 2. The minimum Gasteiger partial charge on any atom is -0.463 e. The van der Waals surface area contributed by atoms with Crippen LogP contribution in [-0.2, 0) is 16.5 Å². The van der Waals surface area contributed by atoms with Crippen molar-refractivity contribution in [2.24, 2.45) is 7.05 Å². The number of carbonyl (C=O) groups is 2. The maximum Gasteiger partial charge on any atom is 0.407 e. The molecule has 7 nitrogen and oxygen atoms in total. The van der Waals surface area contributed by atoms with Crippen LogP contribution in [0.5, 0.6) is 0 Å². The molecule has 0 saturated heterocycles. The maximum atomic E-state index is 11.4. The van der Waals surface area contributed by atoms with E-state index in [2.05, 4.69) is 15.0 Å². The zero-order valence-corrected chi connectivity index (χ0v) is 13.7. The number of esters is 1. The fourth-order valence-corrected chi connectivity index (χ4v) is 1.63. The second-order valence-electron chi connectivity index (χ2n) is 5.71. The van der Waals surface area contributed by atoms with Gasteiger partial charge in [-0.3, -0.25) is 0 Å². The molecule has 0 radical (unpaired) electrons. The Morgan fingerprint density at radius 3 is 2.68 bits per heavy atom. The number of aryl methyl sites for hydroxylation is 1. The summed E-state index contributed by atoms with van der Waals surface area (Å²) in [5, 5.41) is 2.66. The van der Waals surface area contributed by atoms with E-state index in [4.69, 9.17) is 4.74 Å². The van der Waals surface area contributed by atoms with Crippen LogP contribution < -0.4 is 5.32 Å². The van der Waals surface area contributed by atoms with Gasteiger partial charge >= 0.3 is 12.1 Å². The highest BCUT2D eigenvalue weighted by atomic mass is 16.6. The van der Waals surface area contributed by atoms with Crippen LogP contribution in [0, 0.1) is 0 Å². The first-order valence-electron chi connectivity index (χ1n) is 6.98. The number of amides is 1. The highest BCUT2D eigenvalue weighted by Crippen LogP contribution is 2.07. The Labute approximate surface area is 130 Å². The fourth-order valence-electron chi connectivity index (χ4n) is 1.63. The van der Waals surface area contributed by atoms with Gasteiger partial charge in [-0.15, -0.1) is 0 Å². The Morgan fingerprint density at radius 2 is 2.09 bits per heavy atom. The molecule has 1 rings (SSSR count). The van der Waals surface area contributed by atoms with Crippen LogP contribution >= 0.6 is 0 Å². The third kappa shape index (κ3) is 5.99. The van der Waals surface area contributed by atoms with E-state index in [-0.39, 0.29) is 5.82 Å². The molecule has 0 spiro atoms. The van der Waals surface area contributed by atoms with Crippen LogP contribution in [0.2, 0.25) is 0 Å². The minimum absolute atomic E-state index is 0.244. The quantitative estimate of drug-likeness (QED) is 0.665. The Kier molecular flexibility index (Phi) is 6.15. The molecule has 0 aliphatic heterocycles. The van der Waals surface area contributed by atoms with Crippen molar-refractivity contribution in [1.29, 1.82) is 0 Å². The average Bonchev–Trinajstić information content (AvgIpc) is 2.76. The zero-order chi connectivity index (χ0) is 16.8. The van der Waals surface area contributed by atoms with Crippen LogP contribution in [0.15, 0.2) is 12.3 Å². The summed E-state index contributed by atoms with van der Waals surface area (Å²) in [7, 11) is 3.04. The van der Waals surface area contributed by atoms with Crippen LogP contribution in [-0.4, -0.2) is 40.9 Å². The van der Waals surface area contributed by atoms with Gasteiger partial charge in [-0.25, -0.2) is 14.6 Å². The van der Waals surface area contributed by atoms with Crippen LogP contribution in [0.4, 0.5) is 4.79 Å². The summed E-state index contributed by atoms with van der Waals surface area (Å²) < 4.78 is 11.4. The van der Waals surface area contributed by atoms with Gasteiger partial charge in [-0.2, -0.15) is 0 Å². The third-order valence-electron chi connectivity index (χ3n) is 2.53. The second-order valence-corrected chi connectivity index (χ2v) is 5.71. The molecule has 0 atom stereocenters. The number of nitrogens with one attached hydrogen (secondary N) is 1. The normalized spacial score (nSPS) is 11.5. The molecule has 0 saturated carbocycles. The summed E-state index contributed by atoms with van der Waals surface area (Å²) in [6, 6.07) is 0. The van der Waals surface area contributed by atoms with Gasteiger partial charge in [-0.05, 0) is 33.3 Å². The van der Waals surface area contributed by atoms with Crippen molar-refractivity contribution in [3.63, 3.8) is 0 Å². The lowest BCUT2D eigenvalue weighted by molar-refractivity contribution is 0.0527. The highest BCUT2D eigenvalue weighted by molar-refractivity contribution is 5.85. The molecule has 0 bridgehead atoms. The number of ether oxygens (including phenoxy) is 2. The summed E-state index contributed by atoms with van der Waals surface area (Å²) in [5.74, 6) is -0.234. The predicted molar refractivity (Wildman–Crippen MR) is 82.4 cm³/mol. The van der Waals surface area contributed by atoms with Gasteiger partial charge < -0.3 is 19.4 Å². The van der Waals surface area contributed by atoms with Crippen molar-refractivity contribution in [3.8, 4) is 0 Å². The lowest BCUT2D eigenvalue weighted by Crippen LogP contribution is -2.32. The van der Waals surface area contributed by atoms with E-state index in [0.717, 1.165) is 0 Å². The van der Waals surface area contributed by atoms with Gasteiger partial charge in [0.1, 0.15) is 5.60 Å². The third-order valence-corrected chi connectivity index (χ3v) is 2.53. The first-order valence-corrected chi connectivity index (χ1v) is 6.98. The van der Waals surface area contributed by atoms with E-state index in [1.165, 1.54) is 7.11 Å². The molecule has 122 valence electrons. The molecule has 0 fully saturated rings. The molecule has 1 aromatic rings. The van der Waals surface area contributed by atoms with Crippen molar-refractivity contribution in [2.45, 2.75) is 32.8 Å². The van der Waals surface area contributed by atoms with Gasteiger partial charge in [0.25, 0.3) is 0 Å². The average molecular weight is 309 g/mol. The predicted octanol–water partition coefficient (Wildman–Crippen LogP) is 2.13. The van der Waals surface area contributed by atoms with E-state index < -0.39 is 17.7 Å². The van der Waals surface area contributed by atoms with E-state index in [0.29, 0.717) is 18.7 Å². The van der Waals surface area contributed by atoms with Gasteiger partial charge in [0.2, 0.25) is 5.82 Å². The smallest absolute Gasteiger partial charge is 0.407 e. The molecule has 1 heterocycles. The van der Waals surface area contributed by atoms with E-state index in [9.17, 15) is 9.59 Å². The summed E-state index contributed by atoms with van der Waals surface area (Å²) >= 11 is 0. The molecule has 0 aliphatic carbocycles. The Bertz CT molecular complexity index is 556. The summed E-state index contributed by atoms with van der Waals surface area (Å²) in [4.78, 5) is 27.0. The first-order chi connectivity index (χ1) is 10.2. The number of methoxy groups -OCH3 is 1. The Hall–Kier alpha value is -2.31. The van der Waals surface area contributed by atoms with Crippen LogP contribution in [0.3, 0.4) is 0 Å². The molecule has 1 amide bonds. The van der Waals surface area contributed by atoms with Gasteiger partial charge in [0, 0.05) is 19.8 Å². The standard InChI is InChI=1S/C15H23N3O4/c1-15(2,3)22-14(20)16-9-7-6-8-11-10-18(4)12(17-11)13(19)21-5/h6,8,10H,7,9H2,1-5H3,(H,16,20). The molecule has 0 aromatic carbocycles. The number of hydrogen-bond acceptors (Lipinski definition) is 5. The number of nitrogens with zero attached hydrogens (tertiary/aromatic N) is 2. The topological polar surface area (TPSA) is 82.4 Å². The summed E-state index contributed by atoms with van der Waals surface area (Å²) in [5.41, 5.74) is 0.151. The van der Waals surface area contributed by atoms with E-state index in [1.807, 2.05) is 26.8 Å². The molecular formula is C15H23N3O4. The Morgan fingerprint density at radius 1 is 1.41 bits per heavy atom. The Balaban J connectivity index is 2.41. The zero-order valence-electron chi connectivity index (χ0n) is 13.7. The monoisotopic (exact) mass is 309 g/mol. The molecule has 0 unspecified atom stereocenters. The highest BCUT2D eigenvalue weighted by Gasteiger charge is 2.15. The molecule has 22 heavy (non-hydrogen) atoms. The number of hydrogen-bond donors (Lipinski definition) is 1. The van der Waals surface area contributed by atoms with E-state index in [1.54, 1.807) is 23.9 Å². The van der Waals surface area contributed by atoms with Crippen molar-refractivity contribution < 1.29 is 19.1 Å². The van der Waals surface area contributed by atoms with Crippen molar-refractivity contribution in [1.82, 2.24) is 14.9 Å². The lowest BCUT2D eigenvalue weighted by atomic mass is 10.2. The van der Waals surface area contributed by atoms with Gasteiger partial charge in [-0.1, -0.05) is 6.08 Å². The number of alkyl carbamates (subject to hydrolysis) is 1.